The molecule has 0 atom stereocenters. The number of halogens is 1. The smallest absolute Gasteiger partial charge is 0.335 e. The van der Waals surface area contributed by atoms with E-state index < -0.39 is 17.8 Å². The van der Waals surface area contributed by atoms with Gasteiger partial charge in [0, 0.05) is 5.54 Å². The molecule has 1 fully saturated rings. The van der Waals surface area contributed by atoms with Gasteiger partial charge in [-0.05, 0) is 44.4 Å². The zero-order valence-corrected chi connectivity index (χ0v) is 10.5. The van der Waals surface area contributed by atoms with E-state index in [1.165, 1.54) is 12.1 Å². The van der Waals surface area contributed by atoms with Gasteiger partial charge in [0.05, 0.1) is 11.3 Å². The first-order valence-corrected chi connectivity index (χ1v) is 6.02. The summed E-state index contributed by atoms with van der Waals surface area (Å²) in [6, 6.07) is 2.88. The Bertz CT molecular complexity index is 527. The number of rotatable bonds is 3. The van der Waals surface area contributed by atoms with E-state index in [9.17, 15) is 14.0 Å². The molecular formula is C13H15FN2O3. The van der Waals surface area contributed by atoms with Crippen molar-refractivity contribution >= 4 is 17.7 Å². The molecule has 2 rings (SSSR count). The van der Waals surface area contributed by atoms with Crippen LogP contribution in [0.15, 0.2) is 18.2 Å². The van der Waals surface area contributed by atoms with Crippen LogP contribution in [-0.4, -0.2) is 22.6 Å². The van der Waals surface area contributed by atoms with E-state index in [-0.39, 0.29) is 16.8 Å². The second kappa shape index (κ2) is 4.87. The summed E-state index contributed by atoms with van der Waals surface area (Å²) in [6.45, 7) is 1.93. The van der Waals surface area contributed by atoms with Crippen LogP contribution in [0, 0.1) is 5.82 Å². The first-order valence-electron chi connectivity index (χ1n) is 6.02. The van der Waals surface area contributed by atoms with Crippen molar-refractivity contribution in [3.63, 3.8) is 0 Å². The third kappa shape index (κ3) is 3.01. The molecule has 19 heavy (non-hydrogen) atoms. The molecule has 1 aliphatic rings. The Morgan fingerprint density at radius 2 is 2.05 bits per heavy atom. The molecule has 0 radical (unpaired) electrons. The number of carboxylic acid groups (broad SMARTS) is 1. The lowest BCUT2D eigenvalue weighted by Crippen LogP contribution is -2.52. The Kier molecular flexibility index (Phi) is 3.42. The maximum atomic E-state index is 13.6. The number of anilines is 1. The molecule has 0 spiro atoms. The highest BCUT2D eigenvalue weighted by molar-refractivity contribution is 5.92. The Morgan fingerprint density at radius 3 is 2.53 bits per heavy atom. The highest BCUT2D eigenvalue weighted by atomic mass is 19.1. The van der Waals surface area contributed by atoms with Crippen molar-refractivity contribution in [2.24, 2.45) is 0 Å². The summed E-state index contributed by atoms with van der Waals surface area (Å²) in [5.41, 5.74) is -0.415. The molecule has 1 saturated carbocycles. The van der Waals surface area contributed by atoms with E-state index in [1.54, 1.807) is 0 Å². The molecule has 1 aliphatic carbocycles. The monoisotopic (exact) mass is 266 g/mol. The summed E-state index contributed by atoms with van der Waals surface area (Å²) in [4.78, 5) is 22.3. The number of urea groups is 1. The maximum absolute atomic E-state index is 13.6. The van der Waals surface area contributed by atoms with Crippen LogP contribution in [0.1, 0.15) is 36.5 Å². The van der Waals surface area contributed by atoms with Crippen LogP contribution >= 0.6 is 0 Å². The van der Waals surface area contributed by atoms with E-state index in [0.717, 1.165) is 25.3 Å². The van der Waals surface area contributed by atoms with Crippen molar-refractivity contribution < 1.29 is 19.1 Å². The number of carbonyl (C=O) groups excluding carboxylic acids is 1. The predicted molar refractivity (Wildman–Crippen MR) is 67.8 cm³/mol. The number of carboxylic acids is 1. The van der Waals surface area contributed by atoms with E-state index in [2.05, 4.69) is 10.6 Å². The summed E-state index contributed by atoms with van der Waals surface area (Å²) in [6.07, 6.45) is 2.88. The molecule has 0 aliphatic heterocycles. The molecule has 3 N–H and O–H groups in total. The zero-order chi connectivity index (χ0) is 14.0. The van der Waals surface area contributed by atoms with Crippen molar-refractivity contribution in [2.45, 2.75) is 31.7 Å². The third-order valence-corrected chi connectivity index (χ3v) is 3.34. The van der Waals surface area contributed by atoms with E-state index in [0.29, 0.717) is 0 Å². The average Bonchev–Trinajstić information content (AvgIpc) is 2.29. The van der Waals surface area contributed by atoms with E-state index in [4.69, 9.17) is 5.11 Å². The number of aromatic carboxylic acids is 1. The lowest BCUT2D eigenvalue weighted by atomic mass is 9.79. The molecule has 0 aromatic heterocycles. The predicted octanol–water partition coefficient (Wildman–Crippen LogP) is 2.59. The second-order valence-corrected chi connectivity index (χ2v) is 4.99. The molecular weight excluding hydrogens is 251 g/mol. The fourth-order valence-electron chi connectivity index (χ4n) is 2.01. The molecule has 0 unspecified atom stereocenters. The van der Waals surface area contributed by atoms with Crippen molar-refractivity contribution in [3.8, 4) is 0 Å². The van der Waals surface area contributed by atoms with Crippen LogP contribution in [0.4, 0.5) is 14.9 Å². The minimum absolute atomic E-state index is 0.0366. The Labute approximate surface area is 109 Å². The fraction of sp³-hybridized carbons (Fsp3) is 0.385. The number of nitrogens with one attached hydrogen (secondary N) is 2. The Balaban J connectivity index is 2.02. The number of hydrogen-bond donors (Lipinski definition) is 3. The average molecular weight is 266 g/mol. The van der Waals surface area contributed by atoms with E-state index in [1.807, 2.05) is 6.92 Å². The van der Waals surface area contributed by atoms with Crippen LogP contribution in [0.25, 0.3) is 0 Å². The van der Waals surface area contributed by atoms with Gasteiger partial charge in [0.2, 0.25) is 0 Å². The van der Waals surface area contributed by atoms with Crippen molar-refractivity contribution in [1.82, 2.24) is 5.32 Å². The molecule has 1 aromatic rings. The molecule has 0 heterocycles. The van der Waals surface area contributed by atoms with Crippen molar-refractivity contribution in [1.29, 1.82) is 0 Å². The van der Waals surface area contributed by atoms with Gasteiger partial charge in [0.15, 0.2) is 0 Å². The number of hydrogen-bond acceptors (Lipinski definition) is 2. The first kappa shape index (κ1) is 13.3. The SMILES string of the molecule is CC1(NC(=O)Nc2ccc(C(=O)O)cc2F)CCC1. The van der Waals surface area contributed by atoms with Gasteiger partial charge in [0.1, 0.15) is 5.82 Å². The molecule has 5 nitrogen and oxygen atoms in total. The minimum atomic E-state index is -1.21. The van der Waals surface area contributed by atoms with E-state index >= 15 is 0 Å². The van der Waals surface area contributed by atoms with Gasteiger partial charge < -0.3 is 15.7 Å². The number of carbonyl (C=O) groups is 2. The van der Waals surface area contributed by atoms with Crippen LogP contribution < -0.4 is 10.6 Å². The second-order valence-electron chi connectivity index (χ2n) is 4.99. The van der Waals surface area contributed by atoms with Gasteiger partial charge in [-0.2, -0.15) is 0 Å². The van der Waals surface area contributed by atoms with Gasteiger partial charge in [-0.3, -0.25) is 0 Å². The van der Waals surface area contributed by atoms with Crippen LogP contribution in [0.3, 0.4) is 0 Å². The zero-order valence-electron chi connectivity index (χ0n) is 10.5. The van der Waals surface area contributed by atoms with Gasteiger partial charge >= 0.3 is 12.0 Å². The Morgan fingerprint density at radius 1 is 1.37 bits per heavy atom. The summed E-state index contributed by atoms with van der Waals surface area (Å²) in [5, 5.41) is 13.9. The van der Waals surface area contributed by atoms with Gasteiger partial charge in [0.25, 0.3) is 0 Å². The number of amides is 2. The van der Waals surface area contributed by atoms with Crippen molar-refractivity contribution in [2.75, 3.05) is 5.32 Å². The summed E-state index contributed by atoms with van der Waals surface area (Å²) in [7, 11) is 0. The topological polar surface area (TPSA) is 78.4 Å². The molecule has 6 heteroatoms. The standard InChI is InChI=1S/C13H15FN2O3/c1-13(5-2-6-13)16-12(19)15-10-4-3-8(11(17)18)7-9(10)14/h3-4,7H,2,5-6H2,1H3,(H,17,18)(H2,15,16,19). The third-order valence-electron chi connectivity index (χ3n) is 3.34. The van der Waals surface area contributed by atoms with Gasteiger partial charge in [-0.25, -0.2) is 14.0 Å². The van der Waals surface area contributed by atoms with Gasteiger partial charge in [-0.15, -0.1) is 0 Å². The van der Waals surface area contributed by atoms with Crippen LogP contribution in [0.5, 0.6) is 0 Å². The Hall–Kier alpha value is -2.11. The largest absolute Gasteiger partial charge is 0.478 e. The molecule has 0 bridgehead atoms. The summed E-state index contributed by atoms with van der Waals surface area (Å²) >= 11 is 0. The fourth-order valence-corrected chi connectivity index (χ4v) is 2.01. The normalized spacial score (nSPS) is 16.3. The first-order chi connectivity index (χ1) is 8.89. The molecule has 0 saturated heterocycles. The molecule has 2 amide bonds. The van der Waals surface area contributed by atoms with Crippen molar-refractivity contribution in [3.05, 3.63) is 29.6 Å². The number of benzene rings is 1. The van der Waals surface area contributed by atoms with Gasteiger partial charge in [-0.1, -0.05) is 0 Å². The molecule has 102 valence electrons. The maximum Gasteiger partial charge on any atom is 0.335 e. The summed E-state index contributed by atoms with van der Waals surface area (Å²) in [5.74, 6) is -1.98. The lowest BCUT2D eigenvalue weighted by molar-refractivity contribution is 0.0696. The summed E-state index contributed by atoms with van der Waals surface area (Å²) < 4.78 is 13.6. The minimum Gasteiger partial charge on any atom is -0.478 e. The van der Waals surface area contributed by atoms with Crippen LogP contribution in [-0.2, 0) is 0 Å². The highest BCUT2D eigenvalue weighted by Gasteiger charge is 2.33. The highest BCUT2D eigenvalue weighted by Crippen LogP contribution is 2.31. The molecule has 1 aromatic carbocycles. The quantitative estimate of drug-likeness (QED) is 0.786. The van der Waals surface area contributed by atoms with Crippen LogP contribution in [0.2, 0.25) is 0 Å². The lowest BCUT2D eigenvalue weighted by Gasteiger charge is -2.38.